The number of aromatic nitrogens is 1. The van der Waals surface area contributed by atoms with E-state index in [4.69, 9.17) is 4.74 Å². The number of hydrogen-bond acceptors (Lipinski definition) is 4. The fraction of sp³-hybridized carbons (Fsp3) is 0.769. The van der Waals surface area contributed by atoms with E-state index in [9.17, 15) is 0 Å². The first-order valence-electron chi connectivity index (χ1n) is 6.42. The van der Waals surface area contributed by atoms with Crippen molar-refractivity contribution in [3.05, 3.63) is 16.1 Å². The Morgan fingerprint density at radius 3 is 2.88 bits per heavy atom. The average Bonchev–Trinajstić information content (AvgIpc) is 2.74. The van der Waals surface area contributed by atoms with Crippen LogP contribution in [0.5, 0.6) is 0 Å². The SMILES string of the molecule is CCCCCC(NCCOC)c1nc(C)cs1. The molecule has 0 amide bonds. The molecule has 0 bridgehead atoms. The molecule has 1 aromatic heterocycles. The van der Waals surface area contributed by atoms with Crippen molar-refractivity contribution >= 4 is 11.3 Å². The summed E-state index contributed by atoms with van der Waals surface area (Å²) in [6, 6.07) is 0.399. The predicted molar refractivity (Wildman–Crippen MR) is 73.6 cm³/mol. The van der Waals surface area contributed by atoms with Crippen LogP contribution in [0.15, 0.2) is 5.38 Å². The molecule has 0 saturated heterocycles. The van der Waals surface area contributed by atoms with Crippen LogP contribution in [-0.2, 0) is 4.74 Å². The van der Waals surface area contributed by atoms with Gasteiger partial charge in [0.05, 0.1) is 12.6 Å². The minimum atomic E-state index is 0.399. The summed E-state index contributed by atoms with van der Waals surface area (Å²) < 4.78 is 5.08. The van der Waals surface area contributed by atoms with Gasteiger partial charge in [-0.25, -0.2) is 4.98 Å². The summed E-state index contributed by atoms with van der Waals surface area (Å²) >= 11 is 1.76. The molecule has 1 atom stereocenters. The Morgan fingerprint density at radius 1 is 1.47 bits per heavy atom. The molecule has 1 aromatic rings. The van der Waals surface area contributed by atoms with Crippen molar-refractivity contribution in [3.63, 3.8) is 0 Å². The number of hydrogen-bond donors (Lipinski definition) is 1. The Hall–Kier alpha value is -0.450. The fourth-order valence-electron chi connectivity index (χ4n) is 1.78. The number of nitrogens with one attached hydrogen (secondary N) is 1. The highest BCUT2D eigenvalue weighted by molar-refractivity contribution is 7.09. The number of nitrogens with zero attached hydrogens (tertiary/aromatic N) is 1. The van der Waals surface area contributed by atoms with Crippen LogP contribution in [0.3, 0.4) is 0 Å². The minimum Gasteiger partial charge on any atom is -0.383 e. The molecule has 1 N–H and O–H groups in total. The van der Waals surface area contributed by atoms with E-state index in [1.54, 1.807) is 18.4 Å². The molecular formula is C13H24N2OS. The van der Waals surface area contributed by atoms with Crippen molar-refractivity contribution in [1.29, 1.82) is 0 Å². The first-order valence-corrected chi connectivity index (χ1v) is 7.30. The molecule has 3 nitrogen and oxygen atoms in total. The molecule has 17 heavy (non-hydrogen) atoms. The molecule has 0 saturated carbocycles. The van der Waals surface area contributed by atoms with Crippen LogP contribution in [0.1, 0.15) is 49.4 Å². The van der Waals surface area contributed by atoms with Crippen LogP contribution in [0.4, 0.5) is 0 Å². The van der Waals surface area contributed by atoms with Gasteiger partial charge in [-0.15, -0.1) is 11.3 Å². The molecule has 1 heterocycles. The molecule has 0 aliphatic carbocycles. The lowest BCUT2D eigenvalue weighted by Crippen LogP contribution is -2.25. The molecule has 0 aromatic carbocycles. The molecule has 1 rings (SSSR count). The van der Waals surface area contributed by atoms with Gasteiger partial charge in [0.15, 0.2) is 0 Å². The van der Waals surface area contributed by atoms with Crippen LogP contribution in [0.2, 0.25) is 0 Å². The molecule has 0 aliphatic heterocycles. The Bertz CT molecular complexity index is 291. The third-order valence-corrected chi connectivity index (χ3v) is 3.80. The highest BCUT2D eigenvalue weighted by Gasteiger charge is 2.13. The quantitative estimate of drug-likeness (QED) is 0.688. The van der Waals surface area contributed by atoms with E-state index in [0.717, 1.165) is 18.8 Å². The minimum absolute atomic E-state index is 0.399. The molecule has 0 aliphatic rings. The average molecular weight is 256 g/mol. The van der Waals surface area contributed by atoms with Gasteiger partial charge in [0.25, 0.3) is 0 Å². The summed E-state index contributed by atoms with van der Waals surface area (Å²) in [7, 11) is 1.74. The Balaban J connectivity index is 2.46. The van der Waals surface area contributed by atoms with E-state index in [0.29, 0.717) is 6.04 Å². The van der Waals surface area contributed by atoms with Crippen LogP contribution in [-0.4, -0.2) is 25.2 Å². The van der Waals surface area contributed by atoms with Crippen LogP contribution >= 0.6 is 11.3 Å². The first kappa shape index (κ1) is 14.6. The van der Waals surface area contributed by atoms with Crippen LogP contribution in [0.25, 0.3) is 0 Å². The lowest BCUT2D eigenvalue weighted by Gasteiger charge is -2.16. The Morgan fingerprint density at radius 2 is 2.29 bits per heavy atom. The van der Waals surface area contributed by atoms with Gasteiger partial charge < -0.3 is 10.1 Å². The summed E-state index contributed by atoms with van der Waals surface area (Å²) in [4.78, 5) is 4.58. The number of thiazole rings is 1. The van der Waals surface area contributed by atoms with Gasteiger partial charge >= 0.3 is 0 Å². The van der Waals surface area contributed by atoms with Gasteiger partial charge in [0.2, 0.25) is 0 Å². The van der Waals surface area contributed by atoms with Crippen molar-refractivity contribution in [2.45, 2.75) is 45.6 Å². The Labute approximate surface area is 109 Å². The van der Waals surface area contributed by atoms with E-state index in [-0.39, 0.29) is 0 Å². The lowest BCUT2D eigenvalue weighted by molar-refractivity contribution is 0.195. The van der Waals surface area contributed by atoms with E-state index in [1.165, 1.54) is 30.7 Å². The van der Waals surface area contributed by atoms with E-state index in [2.05, 4.69) is 29.5 Å². The highest BCUT2D eigenvalue weighted by Crippen LogP contribution is 2.23. The zero-order valence-corrected chi connectivity index (χ0v) is 12.0. The van der Waals surface area contributed by atoms with Crippen molar-refractivity contribution in [1.82, 2.24) is 10.3 Å². The number of ether oxygens (including phenoxy) is 1. The smallest absolute Gasteiger partial charge is 0.110 e. The van der Waals surface area contributed by atoms with Crippen molar-refractivity contribution in [2.75, 3.05) is 20.3 Å². The van der Waals surface area contributed by atoms with Crippen molar-refractivity contribution in [2.24, 2.45) is 0 Å². The van der Waals surface area contributed by atoms with Crippen LogP contribution < -0.4 is 5.32 Å². The second-order valence-corrected chi connectivity index (χ2v) is 5.21. The van der Waals surface area contributed by atoms with E-state index < -0.39 is 0 Å². The monoisotopic (exact) mass is 256 g/mol. The fourth-order valence-corrected chi connectivity index (χ4v) is 2.68. The first-order chi connectivity index (χ1) is 8.27. The predicted octanol–water partition coefficient (Wildman–Crippen LogP) is 3.31. The summed E-state index contributed by atoms with van der Waals surface area (Å²) in [5, 5.41) is 6.87. The molecule has 4 heteroatoms. The maximum atomic E-state index is 5.08. The third kappa shape index (κ3) is 5.61. The van der Waals surface area contributed by atoms with Gasteiger partial charge in [0, 0.05) is 24.7 Å². The molecule has 1 unspecified atom stereocenters. The second-order valence-electron chi connectivity index (χ2n) is 4.32. The van der Waals surface area contributed by atoms with Crippen LogP contribution in [0, 0.1) is 6.92 Å². The molecule has 0 spiro atoms. The summed E-state index contributed by atoms with van der Waals surface area (Å²) in [5.74, 6) is 0. The number of aryl methyl sites for hydroxylation is 1. The summed E-state index contributed by atoms with van der Waals surface area (Å²) in [6.07, 6.45) is 5.00. The van der Waals surface area contributed by atoms with E-state index >= 15 is 0 Å². The normalized spacial score (nSPS) is 12.9. The number of rotatable bonds is 9. The molecule has 98 valence electrons. The molecule has 0 radical (unpaired) electrons. The standard InChI is InChI=1S/C13H24N2OS/c1-4-5-6-7-12(14-8-9-16-3)13-15-11(2)10-17-13/h10,12,14H,4-9H2,1-3H3. The van der Waals surface area contributed by atoms with Gasteiger partial charge in [-0.05, 0) is 13.3 Å². The summed E-state index contributed by atoms with van der Waals surface area (Å²) in [6.45, 7) is 5.94. The van der Waals surface area contributed by atoms with Crippen molar-refractivity contribution in [3.8, 4) is 0 Å². The summed E-state index contributed by atoms with van der Waals surface area (Å²) in [5.41, 5.74) is 1.12. The second kappa shape index (κ2) is 8.61. The van der Waals surface area contributed by atoms with Gasteiger partial charge in [0.1, 0.15) is 5.01 Å². The van der Waals surface area contributed by atoms with Gasteiger partial charge in [-0.3, -0.25) is 0 Å². The molecular weight excluding hydrogens is 232 g/mol. The zero-order chi connectivity index (χ0) is 12.5. The Kier molecular flexibility index (Phi) is 7.40. The van der Waals surface area contributed by atoms with E-state index in [1.807, 2.05) is 0 Å². The van der Waals surface area contributed by atoms with Crippen molar-refractivity contribution < 1.29 is 4.74 Å². The molecule has 0 fully saturated rings. The number of unbranched alkanes of at least 4 members (excludes halogenated alkanes) is 2. The number of methoxy groups -OCH3 is 1. The maximum Gasteiger partial charge on any atom is 0.110 e. The zero-order valence-electron chi connectivity index (χ0n) is 11.2. The lowest BCUT2D eigenvalue weighted by atomic mass is 10.1. The topological polar surface area (TPSA) is 34.1 Å². The van der Waals surface area contributed by atoms with Gasteiger partial charge in [-0.1, -0.05) is 26.2 Å². The van der Waals surface area contributed by atoms with Gasteiger partial charge in [-0.2, -0.15) is 0 Å². The largest absolute Gasteiger partial charge is 0.383 e. The highest BCUT2D eigenvalue weighted by atomic mass is 32.1. The third-order valence-electron chi connectivity index (χ3n) is 2.73. The maximum absolute atomic E-state index is 5.08.